The first-order valence-corrected chi connectivity index (χ1v) is 7.50. The summed E-state index contributed by atoms with van der Waals surface area (Å²) in [4.78, 5) is 11.8. The minimum absolute atomic E-state index is 0.0717. The maximum atomic E-state index is 11.8. The van der Waals surface area contributed by atoms with E-state index in [0.29, 0.717) is 6.04 Å². The molecule has 1 rings (SSSR count). The van der Waals surface area contributed by atoms with Crippen LogP contribution in [0.25, 0.3) is 0 Å². The Labute approximate surface area is 123 Å². The number of amides is 1. The molecule has 0 aliphatic carbocycles. The standard InChI is InChI=1S/C17H28N2O/c1-12(2)18-17(20)15(5)19-14(4)9-10-16-8-6-7-13(3)11-16/h6-8,11-12,14-15,19H,9-10H2,1-5H3,(H,18,20). The van der Waals surface area contributed by atoms with Gasteiger partial charge in [0.15, 0.2) is 0 Å². The number of carbonyl (C=O) groups excluding carboxylic acids is 1. The van der Waals surface area contributed by atoms with Crippen molar-refractivity contribution in [2.45, 2.75) is 65.6 Å². The summed E-state index contributed by atoms with van der Waals surface area (Å²) < 4.78 is 0. The fourth-order valence-electron chi connectivity index (χ4n) is 2.25. The van der Waals surface area contributed by atoms with E-state index < -0.39 is 0 Å². The van der Waals surface area contributed by atoms with Gasteiger partial charge in [0.05, 0.1) is 6.04 Å². The van der Waals surface area contributed by atoms with E-state index in [0.717, 1.165) is 12.8 Å². The molecule has 3 heteroatoms. The Hall–Kier alpha value is -1.35. The molecule has 0 radical (unpaired) electrons. The third-order valence-electron chi connectivity index (χ3n) is 3.31. The van der Waals surface area contributed by atoms with Crippen LogP contribution < -0.4 is 10.6 Å². The first-order valence-electron chi connectivity index (χ1n) is 7.50. The molecule has 0 bridgehead atoms. The van der Waals surface area contributed by atoms with Crippen LogP contribution in [0.5, 0.6) is 0 Å². The highest BCUT2D eigenvalue weighted by Crippen LogP contribution is 2.08. The lowest BCUT2D eigenvalue weighted by Gasteiger charge is -2.20. The molecule has 2 N–H and O–H groups in total. The number of nitrogens with one attached hydrogen (secondary N) is 2. The largest absolute Gasteiger partial charge is 0.353 e. The first kappa shape index (κ1) is 16.7. The van der Waals surface area contributed by atoms with E-state index in [1.54, 1.807) is 0 Å². The van der Waals surface area contributed by atoms with Gasteiger partial charge in [0.1, 0.15) is 0 Å². The van der Waals surface area contributed by atoms with Gasteiger partial charge in [-0.1, -0.05) is 29.8 Å². The van der Waals surface area contributed by atoms with Crippen molar-refractivity contribution >= 4 is 5.91 Å². The Morgan fingerprint density at radius 2 is 1.90 bits per heavy atom. The van der Waals surface area contributed by atoms with E-state index in [1.807, 2.05) is 20.8 Å². The maximum Gasteiger partial charge on any atom is 0.237 e. The van der Waals surface area contributed by atoms with E-state index >= 15 is 0 Å². The van der Waals surface area contributed by atoms with Crippen molar-refractivity contribution in [1.82, 2.24) is 10.6 Å². The molecule has 1 aromatic rings. The normalized spacial score (nSPS) is 14.1. The Morgan fingerprint density at radius 1 is 1.20 bits per heavy atom. The van der Waals surface area contributed by atoms with Crippen molar-refractivity contribution in [3.05, 3.63) is 35.4 Å². The van der Waals surface area contributed by atoms with Gasteiger partial charge in [0.25, 0.3) is 0 Å². The van der Waals surface area contributed by atoms with Crippen LogP contribution in [0.15, 0.2) is 24.3 Å². The van der Waals surface area contributed by atoms with Gasteiger partial charge in [-0.15, -0.1) is 0 Å². The second-order valence-electron chi connectivity index (χ2n) is 5.98. The van der Waals surface area contributed by atoms with Crippen molar-refractivity contribution in [3.8, 4) is 0 Å². The number of carbonyl (C=O) groups is 1. The third-order valence-corrected chi connectivity index (χ3v) is 3.31. The lowest BCUT2D eigenvalue weighted by molar-refractivity contribution is -0.123. The van der Waals surface area contributed by atoms with Crippen LogP contribution in [0, 0.1) is 6.92 Å². The molecular weight excluding hydrogens is 248 g/mol. The maximum absolute atomic E-state index is 11.8. The van der Waals surface area contributed by atoms with Crippen molar-refractivity contribution in [2.75, 3.05) is 0 Å². The fourth-order valence-corrected chi connectivity index (χ4v) is 2.25. The van der Waals surface area contributed by atoms with Crippen LogP contribution in [0.1, 0.15) is 45.2 Å². The van der Waals surface area contributed by atoms with E-state index in [4.69, 9.17) is 0 Å². The number of aryl methyl sites for hydroxylation is 2. The van der Waals surface area contributed by atoms with Gasteiger partial charge >= 0.3 is 0 Å². The molecule has 0 saturated carbocycles. The molecule has 112 valence electrons. The molecule has 0 fully saturated rings. The second-order valence-corrected chi connectivity index (χ2v) is 5.98. The van der Waals surface area contributed by atoms with Crippen LogP contribution in [0.2, 0.25) is 0 Å². The van der Waals surface area contributed by atoms with Gasteiger partial charge in [-0.25, -0.2) is 0 Å². The predicted octanol–water partition coefficient (Wildman–Crippen LogP) is 2.82. The fraction of sp³-hybridized carbons (Fsp3) is 0.588. The number of rotatable bonds is 7. The molecule has 1 aromatic carbocycles. The lowest BCUT2D eigenvalue weighted by Crippen LogP contribution is -2.47. The van der Waals surface area contributed by atoms with Gasteiger partial charge in [-0.3, -0.25) is 4.79 Å². The quantitative estimate of drug-likeness (QED) is 0.804. The summed E-state index contributed by atoms with van der Waals surface area (Å²) in [5.41, 5.74) is 2.66. The molecule has 0 heterocycles. The summed E-state index contributed by atoms with van der Waals surface area (Å²) in [6.07, 6.45) is 2.07. The summed E-state index contributed by atoms with van der Waals surface area (Å²) in [5, 5.41) is 6.29. The van der Waals surface area contributed by atoms with Gasteiger partial charge < -0.3 is 10.6 Å². The zero-order valence-electron chi connectivity index (χ0n) is 13.4. The van der Waals surface area contributed by atoms with Crippen molar-refractivity contribution in [2.24, 2.45) is 0 Å². The molecule has 0 spiro atoms. The molecule has 2 atom stereocenters. The number of hydrogen-bond donors (Lipinski definition) is 2. The molecule has 1 amide bonds. The molecule has 2 unspecified atom stereocenters. The molecule has 20 heavy (non-hydrogen) atoms. The smallest absolute Gasteiger partial charge is 0.237 e. The van der Waals surface area contributed by atoms with Crippen molar-refractivity contribution in [1.29, 1.82) is 0 Å². The lowest BCUT2D eigenvalue weighted by atomic mass is 10.0. The minimum Gasteiger partial charge on any atom is -0.353 e. The summed E-state index contributed by atoms with van der Waals surface area (Å²) in [7, 11) is 0. The summed E-state index contributed by atoms with van der Waals surface area (Å²) in [6, 6.07) is 8.96. The molecular formula is C17H28N2O. The molecule has 3 nitrogen and oxygen atoms in total. The third kappa shape index (κ3) is 6.20. The van der Waals surface area contributed by atoms with Gasteiger partial charge in [-0.2, -0.15) is 0 Å². The Morgan fingerprint density at radius 3 is 2.50 bits per heavy atom. The van der Waals surface area contributed by atoms with E-state index in [1.165, 1.54) is 11.1 Å². The Kier molecular flexibility index (Phi) is 6.73. The van der Waals surface area contributed by atoms with Crippen LogP contribution in [-0.2, 0) is 11.2 Å². The average molecular weight is 276 g/mol. The van der Waals surface area contributed by atoms with Crippen LogP contribution >= 0.6 is 0 Å². The van der Waals surface area contributed by atoms with Crippen LogP contribution in [-0.4, -0.2) is 24.0 Å². The SMILES string of the molecule is Cc1cccc(CCC(C)NC(C)C(=O)NC(C)C)c1. The molecule has 0 aliphatic rings. The topological polar surface area (TPSA) is 41.1 Å². The molecule has 0 saturated heterocycles. The first-order chi connectivity index (χ1) is 9.38. The van der Waals surface area contributed by atoms with Gasteiger partial charge in [0.2, 0.25) is 5.91 Å². The molecule has 0 aromatic heterocycles. The Bertz CT molecular complexity index is 429. The zero-order chi connectivity index (χ0) is 15.1. The van der Waals surface area contributed by atoms with Crippen molar-refractivity contribution in [3.63, 3.8) is 0 Å². The van der Waals surface area contributed by atoms with E-state index in [9.17, 15) is 4.79 Å². The van der Waals surface area contributed by atoms with Gasteiger partial charge in [-0.05, 0) is 53.0 Å². The van der Waals surface area contributed by atoms with Crippen molar-refractivity contribution < 1.29 is 4.79 Å². The summed E-state index contributed by atoms with van der Waals surface area (Å²) in [5.74, 6) is 0.0717. The number of hydrogen-bond acceptors (Lipinski definition) is 2. The summed E-state index contributed by atoms with van der Waals surface area (Å²) in [6.45, 7) is 10.1. The Balaban J connectivity index is 2.36. The highest BCUT2D eigenvalue weighted by Gasteiger charge is 2.15. The van der Waals surface area contributed by atoms with Crippen LogP contribution in [0.3, 0.4) is 0 Å². The highest BCUT2D eigenvalue weighted by atomic mass is 16.2. The minimum atomic E-state index is -0.148. The van der Waals surface area contributed by atoms with E-state index in [-0.39, 0.29) is 18.0 Å². The van der Waals surface area contributed by atoms with Crippen LogP contribution in [0.4, 0.5) is 0 Å². The highest BCUT2D eigenvalue weighted by molar-refractivity contribution is 5.81. The summed E-state index contributed by atoms with van der Waals surface area (Å²) >= 11 is 0. The van der Waals surface area contributed by atoms with Gasteiger partial charge in [0, 0.05) is 12.1 Å². The second kappa shape index (κ2) is 8.05. The average Bonchev–Trinajstić information content (AvgIpc) is 2.35. The number of benzene rings is 1. The zero-order valence-corrected chi connectivity index (χ0v) is 13.4. The predicted molar refractivity (Wildman–Crippen MR) is 84.8 cm³/mol. The monoisotopic (exact) mass is 276 g/mol. The van der Waals surface area contributed by atoms with E-state index in [2.05, 4.69) is 48.7 Å². The molecule has 0 aliphatic heterocycles.